The molecule has 2 aromatic carbocycles. The lowest BCUT2D eigenvalue weighted by molar-refractivity contribution is 0.197. The first-order valence-electron chi connectivity index (χ1n) is 6.62. The van der Waals surface area contributed by atoms with Gasteiger partial charge in [-0.1, -0.05) is 34.1 Å². The van der Waals surface area contributed by atoms with Crippen LogP contribution in [-0.4, -0.2) is 11.2 Å². The molecule has 0 bridgehead atoms. The number of halogens is 1. The second-order valence-corrected chi connectivity index (χ2v) is 5.81. The van der Waals surface area contributed by atoms with Crippen LogP contribution < -0.4 is 10.3 Å². The van der Waals surface area contributed by atoms with Crippen molar-refractivity contribution in [1.29, 1.82) is 0 Å². The molecule has 1 unspecified atom stereocenters. The minimum atomic E-state index is -0.167. The first-order chi connectivity index (χ1) is 10.3. The normalized spacial score (nSPS) is 17.3. The van der Waals surface area contributed by atoms with E-state index >= 15 is 0 Å². The van der Waals surface area contributed by atoms with E-state index in [0.717, 1.165) is 32.4 Å². The molecule has 0 spiro atoms. The SMILES string of the molecule is Brc1ccc2[nH]c(/C=N/C3NOc4ccccc43)cc2c1. The van der Waals surface area contributed by atoms with Crippen molar-refractivity contribution < 1.29 is 4.84 Å². The first-order valence-corrected chi connectivity index (χ1v) is 7.42. The van der Waals surface area contributed by atoms with E-state index in [9.17, 15) is 0 Å². The Morgan fingerprint density at radius 3 is 3.00 bits per heavy atom. The second kappa shape index (κ2) is 5.02. The van der Waals surface area contributed by atoms with Crippen LogP contribution in [0.2, 0.25) is 0 Å². The fraction of sp³-hybridized carbons (Fsp3) is 0.0625. The van der Waals surface area contributed by atoms with Crippen molar-refractivity contribution in [2.24, 2.45) is 4.99 Å². The average Bonchev–Trinajstić information content (AvgIpc) is 3.08. The molecule has 3 aromatic rings. The van der Waals surface area contributed by atoms with Crippen LogP contribution in [0.4, 0.5) is 0 Å². The average molecular weight is 342 g/mol. The third kappa shape index (κ3) is 2.34. The summed E-state index contributed by atoms with van der Waals surface area (Å²) in [6.45, 7) is 0. The number of nitrogens with zero attached hydrogens (tertiary/aromatic N) is 1. The number of fused-ring (bicyclic) bond motifs is 2. The molecular weight excluding hydrogens is 330 g/mol. The maximum atomic E-state index is 5.39. The highest BCUT2D eigenvalue weighted by molar-refractivity contribution is 9.10. The number of hydroxylamine groups is 1. The Bertz CT molecular complexity index is 840. The summed E-state index contributed by atoms with van der Waals surface area (Å²) in [5.74, 6) is 0.834. The number of nitrogens with one attached hydrogen (secondary N) is 2. The van der Waals surface area contributed by atoms with E-state index in [1.807, 2.05) is 42.6 Å². The van der Waals surface area contributed by atoms with Crippen LogP contribution in [0.5, 0.6) is 5.75 Å². The summed E-state index contributed by atoms with van der Waals surface area (Å²) < 4.78 is 1.07. The Kier molecular flexibility index (Phi) is 3.02. The monoisotopic (exact) mass is 341 g/mol. The van der Waals surface area contributed by atoms with Crippen molar-refractivity contribution >= 4 is 33.0 Å². The topological polar surface area (TPSA) is 49.4 Å². The van der Waals surface area contributed by atoms with Crippen LogP contribution in [0.15, 0.2) is 58.0 Å². The fourth-order valence-electron chi connectivity index (χ4n) is 2.44. The van der Waals surface area contributed by atoms with Gasteiger partial charge >= 0.3 is 0 Å². The molecule has 2 N–H and O–H groups in total. The van der Waals surface area contributed by atoms with Gasteiger partial charge < -0.3 is 9.82 Å². The summed E-state index contributed by atoms with van der Waals surface area (Å²) in [5, 5.41) is 1.15. The molecule has 0 saturated heterocycles. The molecule has 0 amide bonds. The third-order valence-electron chi connectivity index (χ3n) is 3.46. The molecule has 1 aliphatic heterocycles. The van der Waals surface area contributed by atoms with E-state index in [1.54, 1.807) is 0 Å². The maximum absolute atomic E-state index is 5.39. The predicted molar refractivity (Wildman–Crippen MR) is 86.5 cm³/mol. The van der Waals surface area contributed by atoms with Crippen LogP contribution in [0.25, 0.3) is 10.9 Å². The molecule has 4 nitrogen and oxygen atoms in total. The summed E-state index contributed by atoms with van der Waals surface area (Å²) in [5.41, 5.74) is 6.02. The van der Waals surface area contributed by atoms with Gasteiger partial charge in [-0.15, -0.1) is 5.48 Å². The maximum Gasteiger partial charge on any atom is 0.161 e. The van der Waals surface area contributed by atoms with Gasteiger partial charge in [-0.05, 0) is 30.3 Å². The Hall–Kier alpha value is -2.11. The highest BCUT2D eigenvalue weighted by atomic mass is 79.9. The minimum Gasteiger partial charge on any atom is -0.406 e. The molecule has 104 valence electrons. The smallest absolute Gasteiger partial charge is 0.161 e. The Morgan fingerprint density at radius 1 is 1.14 bits per heavy atom. The van der Waals surface area contributed by atoms with Gasteiger partial charge in [0.15, 0.2) is 11.9 Å². The van der Waals surface area contributed by atoms with Crippen LogP contribution in [0.3, 0.4) is 0 Å². The van der Waals surface area contributed by atoms with E-state index in [-0.39, 0.29) is 6.17 Å². The van der Waals surface area contributed by atoms with Crippen molar-refractivity contribution in [3.8, 4) is 5.75 Å². The number of benzene rings is 2. The predicted octanol–water partition coefficient (Wildman–Crippen LogP) is 3.95. The number of aromatic amines is 1. The lowest BCUT2D eigenvalue weighted by Crippen LogP contribution is -2.14. The summed E-state index contributed by atoms with van der Waals surface area (Å²) in [4.78, 5) is 13.3. The zero-order valence-electron chi connectivity index (χ0n) is 11.0. The van der Waals surface area contributed by atoms with Gasteiger partial charge in [0.1, 0.15) is 0 Å². The lowest BCUT2D eigenvalue weighted by atomic mass is 10.2. The fourth-order valence-corrected chi connectivity index (χ4v) is 2.82. The molecule has 0 saturated carbocycles. The Balaban J connectivity index is 1.63. The van der Waals surface area contributed by atoms with Gasteiger partial charge in [0, 0.05) is 27.2 Å². The largest absolute Gasteiger partial charge is 0.406 e. The van der Waals surface area contributed by atoms with E-state index in [4.69, 9.17) is 4.84 Å². The number of rotatable bonds is 2. The molecule has 0 aliphatic carbocycles. The number of hydrogen-bond donors (Lipinski definition) is 2. The van der Waals surface area contributed by atoms with Crippen molar-refractivity contribution in [2.75, 3.05) is 0 Å². The van der Waals surface area contributed by atoms with Crippen molar-refractivity contribution in [2.45, 2.75) is 6.17 Å². The lowest BCUT2D eigenvalue weighted by Gasteiger charge is -2.01. The molecule has 2 heterocycles. The molecule has 21 heavy (non-hydrogen) atoms. The molecule has 1 atom stereocenters. The summed E-state index contributed by atoms with van der Waals surface area (Å²) in [6, 6.07) is 16.1. The van der Waals surface area contributed by atoms with Crippen molar-refractivity contribution in [3.05, 3.63) is 64.3 Å². The van der Waals surface area contributed by atoms with Gasteiger partial charge in [0.05, 0.1) is 5.69 Å². The third-order valence-corrected chi connectivity index (χ3v) is 3.95. The van der Waals surface area contributed by atoms with Gasteiger partial charge in [-0.3, -0.25) is 4.99 Å². The van der Waals surface area contributed by atoms with Crippen molar-refractivity contribution in [1.82, 2.24) is 10.5 Å². The van der Waals surface area contributed by atoms with Crippen molar-refractivity contribution in [3.63, 3.8) is 0 Å². The standard InChI is InChI=1S/C16H12BrN3O/c17-11-5-6-14-10(7-11)8-12(19-14)9-18-16-13-3-1-2-4-15(13)21-20-16/h1-9,16,19-20H/b18-9+. The van der Waals surface area contributed by atoms with Gasteiger partial charge in [-0.2, -0.15) is 0 Å². The second-order valence-electron chi connectivity index (χ2n) is 4.89. The van der Waals surface area contributed by atoms with Gasteiger partial charge in [0.25, 0.3) is 0 Å². The molecule has 5 heteroatoms. The zero-order valence-corrected chi connectivity index (χ0v) is 12.6. The quantitative estimate of drug-likeness (QED) is 0.693. The number of hydrogen-bond acceptors (Lipinski definition) is 3. The van der Waals surface area contributed by atoms with E-state index in [2.05, 4.69) is 43.5 Å². The molecule has 4 rings (SSSR count). The number of aliphatic imine (C=N–C) groups is 1. The number of aromatic nitrogens is 1. The summed E-state index contributed by atoms with van der Waals surface area (Å²) in [6.07, 6.45) is 1.66. The van der Waals surface area contributed by atoms with Crippen LogP contribution in [0.1, 0.15) is 17.4 Å². The summed E-state index contributed by atoms with van der Waals surface area (Å²) >= 11 is 3.48. The Labute approximate surface area is 129 Å². The van der Waals surface area contributed by atoms with Crippen LogP contribution in [0, 0.1) is 0 Å². The van der Waals surface area contributed by atoms with Crippen LogP contribution >= 0.6 is 15.9 Å². The first kappa shape index (κ1) is 12.6. The molecule has 0 radical (unpaired) electrons. The Morgan fingerprint density at radius 2 is 2.05 bits per heavy atom. The van der Waals surface area contributed by atoms with E-state index < -0.39 is 0 Å². The van der Waals surface area contributed by atoms with E-state index in [0.29, 0.717) is 0 Å². The highest BCUT2D eigenvalue weighted by Gasteiger charge is 2.21. The van der Waals surface area contributed by atoms with Gasteiger partial charge in [-0.25, -0.2) is 0 Å². The van der Waals surface area contributed by atoms with Gasteiger partial charge in [0.2, 0.25) is 0 Å². The molecule has 1 aromatic heterocycles. The van der Waals surface area contributed by atoms with Crippen LogP contribution in [-0.2, 0) is 0 Å². The number of para-hydroxylation sites is 1. The highest BCUT2D eigenvalue weighted by Crippen LogP contribution is 2.30. The molecular formula is C16H12BrN3O. The van der Waals surface area contributed by atoms with E-state index in [1.165, 1.54) is 0 Å². The summed E-state index contributed by atoms with van der Waals surface area (Å²) in [7, 11) is 0. The minimum absolute atomic E-state index is 0.167. The number of H-pyrrole nitrogens is 1. The molecule has 1 aliphatic rings. The molecule has 0 fully saturated rings. The zero-order chi connectivity index (χ0) is 14.2.